The average Bonchev–Trinajstić information content (AvgIpc) is 3.20. The fraction of sp³-hybridized carbons (Fsp3) is 0.571. The molecule has 1 unspecified atom stereocenters. The van der Waals surface area contributed by atoms with Crippen LogP contribution < -0.4 is 16.2 Å². The molecule has 0 spiro atoms. The summed E-state index contributed by atoms with van der Waals surface area (Å²) >= 11 is 0. The van der Waals surface area contributed by atoms with Gasteiger partial charge in [0.15, 0.2) is 11.5 Å². The number of nitrogens with zero attached hydrogens (tertiary/aromatic N) is 4. The molecule has 1 aliphatic rings. The highest BCUT2D eigenvalue weighted by Gasteiger charge is 2.31. The number of fused-ring (bicyclic) bond motifs is 1. The number of nitrogens with one attached hydrogen (secondary N) is 1. The van der Waals surface area contributed by atoms with Gasteiger partial charge in [-0.25, -0.2) is 28.5 Å². The predicted molar refractivity (Wildman–Crippen MR) is 93.2 cm³/mol. The smallest absolute Gasteiger partial charge is 0.249 e. The first-order valence-corrected chi connectivity index (χ1v) is 9.72. The number of nitrogens with two attached hydrogens (primary N) is 2. The fourth-order valence-electron chi connectivity index (χ4n) is 2.76. The second-order valence-electron chi connectivity index (χ2n) is 6.30. The van der Waals surface area contributed by atoms with Gasteiger partial charge in [0.25, 0.3) is 0 Å². The molecule has 1 saturated heterocycles. The summed E-state index contributed by atoms with van der Waals surface area (Å²) in [5.41, 5.74) is 6.90. The third-order valence-electron chi connectivity index (χ3n) is 4.35. The summed E-state index contributed by atoms with van der Waals surface area (Å²) in [4.78, 5) is 24.4. The Morgan fingerprint density at radius 3 is 2.92 bits per heavy atom. The Balaban J connectivity index is 1.56. The van der Waals surface area contributed by atoms with Gasteiger partial charge in [-0.1, -0.05) is 0 Å². The standard InChI is InChI=1S/C14H21N7O4S/c1-8(26(16,23)24)4-17-14(22)10-3-2-9(25-10)5-21-7-20-11-12(15)18-6-19-13(11)21/h6-10H,2-5H2,1H3,(H,17,22)(H2,15,18,19)(H2,16,23,24)/t8?,9-,10+/m1/s1. The monoisotopic (exact) mass is 383 g/mol. The molecule has 1 amide bonds. The van der Waals surface area contributed by atoms with Crippen molar-refractivity contribution in [2.75, 3.05) is 12.3 Å². The van der Waals surface area contributed by atoms with Crippen LogP contribution in [0.3, 0.4) is 0 Å². The van der Waals surface area contributed by atoms with E-state index in [9.17, 15) is 13.2 Å². The number of rotatable bonds is 6. The van der Waals surface area contributed by atoms with Gasteiger partial charge in [0.05, 0.1) is 24.2 Å². The molecule has 1 aliphatic heterocycles. The molecule has 26 heavy (non-hydrogen) atoms. The highest BCUT2D eigenvalue weighted by Crippen LogP contribution is 2.23. The van der Waals surface area contributed by atoms with E-state index in [1.165, 1.54) is 13.3 Å². The number of amides is 1. The maximum absolute atomic E-state index is 12.2. The Bertz CT molecular complexity index is 913. The quantitative estimate of drug-likeness (QED) is 0.556. The number of carbonyl (C=O) groups excluding carboxylic acids is 1. The minimum Gasteiger partial charge on any atom is -0.382 e. The minimum absolute atomic E-state index is 0.0510. The van der Waals surface area contributed by atoms with Crippen LogP contribution in [0.4, 0.5) is 5.82 Å². The number of hydrogen-bond acceptors (Lipinski definition) is 8. The lowest BCUT2D eigenvalue weighted by atomic mass is 10.2. The normalized spacial score (nSPS) is 21.8. The first-order chi connectivity index (χ1) is 12.3. The number of anilines is 1. The van der Waals surface area contributed by atoms with E-state index in [1.807, 2.05) is 0 Å². The van der Waals surface area contributed by atoms with Crippen LogP contribution in [-0.2, 0) is 26.1 Å². The summed E-state index contributed by atoms with van der Waals surface area (Å²) in [7, 11) is -3.68. The third-order valence-corrected chi connectivity index (χ3v) is 5.64. The summed E-state index contributed by atoms with van der Waals surface area (Å²) in [5, 5.41) is 6.75. The molecule has 2 aromatic heterocycles. The van der Waals surface area contributed by atoms with Crippen LogP contribution in [0.15, 0.2) is 12.7 Å². The van der Waals surface area contributed by atoms with Crippen molar-refractivity contribution in [3.63, 3.8) is 0 Å². The number of carbonyl (C=O) groups is 1. The highest BCUT2D eigenvalue weighted by molar-refractivity contribution is 7.89. The van der Waals surface area contributed by atoms with Crippen molar-refractivity contribution in [3.05, 3.63) is 12.7 Å². The van der Waals surface area contributed by atoms with E-state index in [2.05, 4.69) is 20.3 Å². The third kappa shape index (κ3) is 3.92. The van der Waals surface area contributed by atoms with Crippen LogP contribution in [0.1, 0.15) is 19.8 Å². The van der Waals surface area contributed by atoms with E-state index in [1.54, 1.807) is 10.9 Å². The van der Waals surface area contributed by atoms with Crippen molar-refractivity contribution in [1.29, 1.82) is 0 Å². The molecule has 142 valence electrons. The molecule has 5 N–H and O–H groups in total. The largest absolute Gasteiger partial charge is 0.382 e. The predicted octanol–water partition coefficient (Wildman–Crippen LogP) is -1.25. The topological polar surface area (TPSA) is 168 Å². The number of hydrogen-bond donors (Lipinski definition) is 3. The van der Waals surface area contributed by atoms with Crippen LogP contribution in [0.5, 0.6) is 0 Å². The van der Waals surface area contributed by atoms with Crippen molar-refractivity contribution in [2.45, 2.75) is 43.8 Å². The van der Waals surface area contributed by atoms with Gasteiger partial charge >= 0.3 is 0 Å². The van der Waals surface area contributed by atoms with Crippen molar-refractivity contribution in [2.24, 2.45) is 5.14 Å². The molecule has 3 rings (SSSR count). The van der Waals surface area contributed by atoms with Crippen molar-refractivity contribution in [1.82, 2.24) is 24.8 Å². The van der Waals surface area contributed by atoms with Gasteiger partial charge in [-0.2, -0.15) is 0 Å². The van der Waals surface area contributed by atoms with Gasteiger partial charge in [-0.15, -0.1) is 0 Å². The van der Waals surface area contributed by atoms with Gasteiger partial charge in [-0.3, -0.25) is 4.79 Å². The molecule has 3 atom stereocenters. The molecular weight excluding hydrogens is 362 g/mol. The van der Waals surface area contributed by atoms with Crippen LogP contribution in [0, 0.1) is 0 Å². The molecular formula is C14H21N7O4S. The highest BCUT2D eigenvalue weighted by atomic mass is 32.2. The zero-order valence-corrected chi connectivity index (χ0v) is 15.0. The second kappa shape index (κ2) is 7.13. The fourth-order valence-corrected chi connectivity index (χ4v) is 3.07. The zero-order chi connectivity index (χ0) is 18.9. The van der Waals surface area contributed by atoms with E-state index in [0.717, 1.165) is 0 Å². The summed E-state index contributed by atoms with van der Waals surface area (Å²) in [6.07, 6.45) is 3.40. The van der Waals surface area contributed by atoms with Crippen molar-refractivity contribution in [3.8, 4) is 0 Å². The summed E-state index contributed by atoms with van der Waals surface area (Å²) in [6.45, 7) is 1.86. The Kier molecular flexibility index (Phi) is 5.07. The summed E-state index contributed by atoms with van der Waals surface area (Å²) < 4.78 is 30.0. The van der Waals surface area contributed by atoms with Gasteiger partial charge in [0.2, 0.25) is 15.9 Å². The first kappa shape index (κ1) is 18.5. The average molecular weight is 383 g/mol. The molecule has 12 heteroatoms. The van der Waals surface area contributed by atoms with E-state index < -0.39 is 21.4 Å². The SMILES string of the molecule is CC(CNC(=O)[C@@H]1CC[C@H](Cn2cnc3c(N)ncnc32)O1)S(N)(=O)=O. The van der Waals surface area contributed by atoms with Crippen LogP contribution >= 0.6 is 0 Å². The molecule has 11 nitrogen and oxygen atoms in total. The van der Waals surface area contributed by atoms with Gasteiger partial charge in [0.1, 0.15) is 17.9 Å². The minimum atomic E-state index is -3.68. The van der Waals surface area contributed by atoms with E-state index in [4.69, 9.17) is 15.6 Å². The van der Waals surface area contributed by atoms with E-state index in [0.29, 0.717) is 36.4 Å². The Morgan fingerprint density at radius 2 is 2.19 bits per heavy atom. The maximum atomic E-state index is 12.2. The maximum Gasteiger partial charge on any atom is 0.249 e. The number of sulfonamides is 1. The lowest BCUT2D eigenvalue weighted by Crippen LogP contribution is -2.42. The van der Waals surface area contributed by atoms with Gasteiger partial charge in [0, 0.05) is 6.54 Å². The zero-order valence-electron chi connectivity index (χ0n) is 14.2. The summed E-state index contributed by atoms with van der Waals surface area (Å²) in [5.74, 6) is -0.0348. The number of aromatic nitrogens is 4. The van der Waals surface area contributed by atoms with Gasteiger partial charge < -0.3 is 20.4 Å². The van der Waals surface area contributed by atoms with Crippen molar-refractivity contribution >= 4 is 32.9 Å². The molecule has 2 aromatic rings. The second-order valence-corrected chi connectivity index (χ2v) is 8.28. The van der Waals surface area contributed by atoms with Gasteiger partial charge in [-0.05, 0) is 19.8 Å². The summed E-state index contributed by atoms with van der Waals surface area (Å²) in [6, 6.07) is 0. The number of nitrogen functional groups attached to an aromatic ring is 1. The van der Waals surface area contributed by atoms with E-state index in [-0.39, 0.29) is 18.6 Å². The molecule has 0 bridgehead atoms. The molecule has 3 heterocycles. The Hall–Kier alpha value is -2.31. The lowest BCUT2D eigenvalue weighted by molar-refractivity contribution is -0.132. The molecule has 0 radical (unpaired) electrons. The van der Waals surface area contributed by atoms with Crippen LogP contribution in [0.2, 0.25) is 0 Å². The Labute approximate surface area is 150 Å². The Morgan fingerprint density at radius 1 is 1.42 bits per heavy atom. The molecule has 0 aliphatic carbocycles. The first-order valence-electron chi connectivity index (χ1n) is 8.11. The molecule has 1 fully saturated rings. The van der Waals surface area contributed by atoms with Crippen LogP contribution in [-0.4, -0.2) is 57.8 Å². The van der Waals surface area contributed by atoms with E-state index >= 15 is 0 Å². The molecule has 0 aromatic carbocycles. The van der Waals surface area contributed by atoms with Crippen molar-refractivity contribution < 1.29 is 17.9 Å². The number of ether oxygens (including phenoxy) is 1. The molecule has 0 saturated carbocycles. The lowest BCUT2D eigenvalue weighted by Gasteiger charge is -2.16. The van der Waals surface area contributed by atoms with Crippen LogP contribution in [0.25, 0.3) is 11.2 Å². The number of primary sulfonamides is 1. The number of imidazole rings is 1.